The zero-order valence-corrected chi connectivity index (χ0v) is 11.5. The molecule has 0 aromatic heterocycles. The molecule has 2 atom stereocenters. The van der Waals surface area contributed by atoms with Gasteiger partial charge in [0.15, 0.2) is 0 Å². The minimum Gasteiger partial charge on any atom is -0.312 e. The highest BCUT2D eigenvalue weighted by molar-refractivity contribution is 4.82. The molecule has 0 heterocycles. The van der Waals surface area contributed by atoms with Gasteiger partial charge in [0.25, 0.3) is 0 Å². The molecule has 1 N–H and O–H groups in total. The quantitative estimate of drug-likeness (QED) is 0.684. The minimum atomic E-state index is 0.810. The van der Waals surface area contributed by atoms with Gasteiger partial charge in [-0.2, -0.15) is 0 Å². The second-order valence-electron chi connectivity index (χ2n) is 5.32. The molecule has 1 rings (SSSR count). The van der Waals surface area contributed by atoms with Crippen molar-refractivity contribution in [1.82, 2.24) is 10.2 Å². The van der Waals surface area contributed by atoms with E-state index >= 15 is 0 Å². The van der Waals surface area contributed by atoms with E-state index in [-0.39, 0.29) is 0 Å². The van der Waals surface area contributed by atoms with E-state index in [4.69, 9.17) is 0 Å². The maximum atomic E-state index is 3.75. The van der Waals surface area contributed by atoms with E-state index in [1.807, 2.05) is 0 Å². The van der Waals surface area contributed by atoms with Gasteiger partial charge in [-0.1, -0.05) is 33.1 Å². The van der Waals surface area contributed by atoms with Gasteiger partial charge in [-0.15, -0.1) is 0 Å². The van der Waals surface area contributed by atoms with Crippen molar-refractivity contribution < 1.29 is 0 Å². The second-order valence-corrected chi connectivity index (χ2v) is 5.32. The Morgan fingerprint density at radius 1 is 1.19 bits per heavy atom. The largest absolute Gasteiger partial charge is 0.312 e. The predicted molar refractivity (Wildman–Crippen MR) is 71.8 cm³/mol. The van der Waals surface area contributed by atoms with Crippen molar-refractivity contribution >= 4 is 0 Å². The highest BCUT2D eigenvalue weighted by Crippen LogP contribution is 2.27. The molecule has 1 aliphatic rings. The summed E-state index contributed by atoms with van der Waals surface area (Å²) in [7, 11) is 2.24. The van der Waals surface area contributed by atoms with Gasteiger partial charge in [0.2, 0.25) is 0 Å². The number of likely N-dealkylation sites (N-methyl/N-ethyl adjacent to an activating group) is 1. The Balaban J connectivity index is 2.05. The highest BCUT2D eigenvalue weighted by Gasteiger charge is 2.24. The van der Waals surface area contributed by atoms with Crippen LogP contribution in [0.5, 0.6) is 0 Å². The third-order valence-corrected chi connectivity index (χ3v) is 3.98. The van der Waals surface area contributed by atoms with Crippen LogP contribution in [0.1, 0.15) is 52.4 Å². The van der Waals surface area contributed by atoms with Crippen molar-refractivity contribution in [1.29, 1.82) is 0 Å². The van der Waals surface area contributed by atoms with E-state index in [9.17, 15) is 0 Å². The Hall–Kier alpha value is -0.0800. The van der Waals surface area contributed by atoms with Crippen LogP contribution in [-0.2, 0) is 0 Å². The first-order valence-corrected chi connectivity index (χ1v) is 7.19. The molecule has 1 saturated carbocycles. The molecule has 0 aromatic rings. The Kier molecular flexibility index (Phi) is 7.06. The van der Waals surface area contributed by atoms with Gasteiger partial charge in [-0.05, 0) is 38.8 Å². The summed E-state index contributed by atoms with van der Waals surface area (Å²) in [5, 5.41) is 3.75. The van der Waals surface area contributed by atoms with Gasteiger partial charge in [0, 0.05) is 19.1 Å². The predicted octanol–water partition coefficient (Wildman–Crippen LogP) is 2.89. The number of hydrogen-bond acceptors (Lipinski definition) is 2. The van der Waals surface area contributed by atoms with Crippen molar-refractivity contribution in [2.75, 3.05) is 26.7 Å². The summed E-state index contributed by atoms with van der Waals surface area (Å²) in [6, 6.07) is 0.810. The van der Waals surface area contributed by atoms with Gasteiger partial charge in [0.1, 0.15) is 0 Å². The van der Waals surface area contributed by atoms with Gasteiger partial charge >= 0.3 is 0 Å². The van der Waals surface area contributed by atoms with E-state index in [1.165, 1.54) is 58.2 Å². The molecular formula is C14H30N2. The first-order valence-electron chi connectivity index (χ1n) is 7.19. The summed E-state index contributed by atoms with van der Waals surface area (Å²) in [6.45, 7) is 8.21. The van der Waals surface area contributed by atoms with Crippen LogP contribution >= 0.6 is 0 Å². The zero-order chi connectivity index (χ0) is 11.8. The SMILES string of the molecule is CCCCN(C)CCNC1CCCC1CC. The topological polar surface area (TPSA) is 15.3 Å². The van der Waals surface area contributed by atoms with Crippen molar-refractivity contribution in [3.8, 4) is 0 Å². The van der Waals surface area contributed by atoms with E-state index in [0.717, 1.165) is 12.0 Å². The van der Waals surface area contributed by atoms with Crippen LogP contribution in [0.2, 0.25) is 0 Å². The molecule has 0 aliphatic heterocycles. The lowest BCUT2D eigenvalue weighted by molar-refractivity contribution is 0.305. The van der Waals surface area contributed by atoms with Gasteiger partial charge in [-0.3, -0.25) is 0 Å². The van der Waals surface area contributed by atoms with Crippen LogP contribution in [0.3, 0.4) is 0 Å². The van der Waals surface area contributed by atoms with Crippen molar-refractivity contribution in [3.63, 3.8) is 0 Å². The third kappa shape index (κ3) is 4.84. The Bertz CT molecular complexity index is 170. The molecule has 0 amide bonds. The lowest BCUT2D eigenvalue weighted by atomic mass is 10.0. The Morgan fingerprint density at radius 3 is 2.69 bits per heavy atom. The smallest absolute Gasteiger partial charge is 0.0104 e. The summed E-state index contributed by atoms with van der Waals surface area (Å²) in [4.78, 5) is 2.45. The summed E-state index contributed by atoms with van der Waals surface area (Å²) in [5.41, 5.74) is 0. The normalized spacial score (nSPS) is 25.5. The van der Waals surface area contributed by atoms with Crippen molar-refractivity contribution in [3.05, 3.63) is 0 Å². The first kappa shape index (κ1) is 14.0. The molecule has 0 saturated heterocycles. The fourth-order valence-corrected chi connectivity index (χ4v) is 2.77. The maximum Gasteiger partial charge on any atom is 0.0104 e. The van der Waals surface area contributed by atoms with Gasteiger partial charge in [-0.25, -0.2) is 0 Å². The molecule has 96 valence electrons. The summed E-state index contributed by atoms with van der Waals surface area (Å²) < 4.78 is 0. The van der Waals surface area contributed by atoms with E-state index in [2.05, 4.69) is 31.1 Å². The molecule has 1 fully saturated rings. The van der Waals surface area contributed by atoms with E-state index in [0.29, 0.717) is 0 Å². The molecule has 0 spiro atoms. The molecule has 16 heavy (non-hydrogen) atoms. The Labute approximate surface area is 102 Å². The lowest BCUT2D eigenvalue weighted by Gasteiger charge is -2.22. The average molecular weight is 226 g/mol. The van der Waals surface area contributed by atoms with Gasteiger partial charge < -0.3 is 10.2 Å². The van der Waals surface area contributed by atoms with Crippen LogP contribution in [0.15, 0.2) is 0 Å². The number of nitrogens with one attached hydrogen (secondary N) is 1. The standard InChI is InChI=1S/C14H30N2/c1-4-6-11-16(3)12-10-15-14-9-7-8-13(14)5-2/h13-15H,4-12H2,1-3H3. The van der Waals surface area contributed by atoms with E-state index < -0.39 is 0 Å². The first-order chi connectivity index (χ1) is 7.77. The summed E-state index contributed by atoms with van der Waals surface area (Å²) >= 11 is 0. The fourth-order valence-electron chi connectivity index (χ4n) is 2.77. The number of unbranched alkanes of at least 4 members (excludes halogenated alkanes) is 1. The third-order valence-electron chi connectivity index (χ3n) is 3.98. The van der Waals surface area contributed by atoms with Crippen molar-refractivity contribution in [2.24, 2.45) is 5.92 Å². The Morgan fingerprint density at radius 2 is 2.00 bits per heavy atom. The van der Waals surface area contributed by atoms with Crippen LogP contribution < -0.4 is 5.32 Å². The van der Waals surface area contributed by atoms with Gasteiger partial charge in [0.05, 0.1) is 0 Å². The number of hydrogen-bond donors (Lipinski definition) is 1. The fraction of sp³-hybridized carbons (Fsp3) is 1.00. The molecule has 2 heteroatoms. The molecule has 0 aromatic carbocycles. The van der Waals surface area contributed by atoms with Crippen molar-refractivity contribution in [2.45, 2.75) is 58.4 Å². The monoisotopic (exact) mass is 226 g/mol. The van der Waals surface area contributed by atoms with Crippen LogP contribution in [0.25, 0.3) is 0 Å². The molecular weight excluding hydrogens is 196 g/mol. The van der Waals surface area contributed by atoms with Crippen LogP contribution in [-0.4, -0.2) is 37.6 Å². The number of nitrogens with zero attached hydrogens (tertiary/aromatic N) is 1. The lowest BCUT2D eigenvalue weighted by Crippen LogP contribution is -2.37. The highest BCUT2D eigenvalue weighted by atomic mass is 15.1. The zero-order valence-electron chi connectivity index (χ0n) is 11.5. The van der Waals surface area contributed by atoms with E-state index in [1.54, 1.807) is 0 Å². The summed E-state index contributed by atoms with van der Waals surface area (Å²) in [6.07, 6.45) is 8.26. The molecule has 1 aliphatic carbocycles. The molecule has 2 unspecified atom stereocenters. The molecule has 0 radical (unpaired) electrons. The molecule has 2 nitrogen and oxygen atoms in total. The second kappa shape index (κ2) is 8.08. The van der Waals surface area contributed by atoms with Crippen LogP contribution in [0, 0.1) is 5.92 Å². The maximum absolute atomic E-state index is 3.75. The molecule has 0 bridgehead atoms. The minimum absolute atomic E-state index is 0.810. The summed E-state index contributed by atoms with van der Waals surface area (Å²) in [5.74, 6) is 0.945. The average Bonchev–Trinajstić information content (AvgIpc) is 2.74. The number of rotatable bonds is 8. The van der Waals surface area contributed by atoms with Crippen LogP contribution in [0.4, 0.5) is 0 Å².